The fraction of sp³-hybridized carbons (Fsp3) is 0.462. The summed E-state index contributed by atoms with van der Waals surface area (Å²) < 4.78 is 44.2. The summed E-state index contributed by atoms with van der Waals surface area (Å²) in [6.07, 6.45) is 1.12. The highest BCUT2D eigenvalue weighted by Crippen LogP contribution is 2.43. The van der Waals surface area contributed by atoms with Crippen molar-refractivity contribution in [2.75, 3.05) is 12.4 Å². The number of halogens is 3. The fourth-order valence-corrected chi connectivity index (χ4v) is 5.40. The third kappa shape index (κ3) is 6.34. The van der Waals surface area contributed by atoms with Gasteiger partial charge in [0.05, 0.1) is 12.2 Å². The van der Waals surface area contributed by atoms with Crippen LogP contribution in [0.5, 0.6) is 0 Å². The molecule has 0 spiro atoms. The van der Waals surface area contributed by atoms with E-state index in [2.05, 4.69) is 6.92 Å². The van der Waals surface area contributed by atoms with Crippen LogP contribution in [-0.2, 0) is 22.1 Å². The lowest BCUT2D eigenvalue weighted by molar-refractivity contribution is -0.147. The molecular formula is C26H30F3NO3S. The normalized spacial score (nSPS) is 18.2. The Kier molecular flexibility index (Phi) is 9.05. The molecule has 184 valence electrons. The van der Waals surface area contributed by atoms with Gasteiger partial charge in [0.2, 0.25) is 0 Å². The van der Waals surface area contributed by atoms with E-state index in [-0.39, 0.29) is 12.5 Å². The van der Waals surface area contributed by atoms with Crippen LogP contribution < -0.4 is 0 Å². The van der Waals surface area contributed by atoms with Crippen molar-refractivity contribution in [3.63, 3.8) is 0 Å². The predicted molar refractivity (Wildman–Crippen MR) is 128 cm³/mol. The van der Waals surface area contributed by atoms with Crippen molar-refractivity contribution >= 4 is 23.6 Å². The number of thioether (sulfide) groups is 1. The average molecular weight is 494 g/mol. The minimum absolute atomic E-state index is 0.180. The lowest BCUT2D eigenvalue weighted by atomic mass is 10.0. The molecule has 1 saturated heterocycles. The largest absolute Gasteiger partial charge is 0.464 e. The molecule has 0 N–H and O–H groups in total. The van der Waals surface area contributed by atoms with Crippen LogP contribution in [0.1, 0.15) is 72.0 Å². The molecule has 2 atom stereocenters. The third-order valence-electron chi connectivity index (χ3n) is 5.84. The molecule has 0 aromatic heterocycles. The maximum Gasteiger partial charge on any atom is 0.416 e. The van der Waals surface area contributed by atoms with Crippen LogP contribution in [0.15, 0.2) is 48.5 Å². The highest BCUT2D eigenvalue weighted by Gasteiger charge is 2.43. The number of alkyl halides is 3. The first-order valence-electron chi connectivity index (χ1n) is 11.6. The average Bonchev–Trinajstić information content (AvgIpc) is 3.27. The second kappa shape index (κ2) is 11.8. The van der Waals surface area contributed by atoms with Gasteiger partial charge < -0.3 is 9.64 Å². The SMILES string of the molecule is CCCCCCc1ccc(C(=O)N2C(C(=O)OCC)CSC2c2ccc(C(F)(F)F)cc2)cc1. The van der Waals surface area contributed by atoms with Crippen LogP contribution in [-0.4, -0.2) is 35.2 Å². The van der Waals surface area contributed by atoms with E-state index in [4.69, 9.17) is 4.74 Å². The molecule has 0 bridgehead atoms. The Balaban J connectivity index is 1.83. The molecule has 4 nitrogen and oxygen atoms in total. The van der Waals surface area contributed by atoms with E-state index in [0.717, 1.165) is 37.0 Å². The maximum atomic E-state index is 13.5. The molecule has 34 heavy (non-hydrogen) atoms. The van der Waals surface area contributed by atoms with E-state index in [9.17, 15) is 22.8 Å². The van der Waals surface area contributed by atoms with Gasteiger partial charge in [-0.15, -0.1) is 11.8 Å². The van der Waals surface area contributed by atoms with Crippen molar-refractivity contribution in [2.45, 2.75) is 63.5 Å². The lowest BCUT2D eigenvalue weighted by Gasteiger charge is -2.29. The third-order valence-corrected chi connectivity index (χ3v) is 7.16. The number of carbonyl (C=O) groups excluding carboxylic acids is 2. The molecule has 0 saturated carbocycles. The van der Waals surface area contributed by atoms with E-state index in [1.54, 1.807) is 19.1 Å². The van der Waals surface area contributed by atoms with Crippen molar-refractivity contribution < 1.29 is 27.5 Å². The number of hydrogen-bond donors (Lipinski definition) is 0. The minimum atomic E-state index is -4.44. The summed E-state index contributed by atoms with van der Waals surface area (Å²) in [5, 5.41) is -0.585. The quantitative estimate of drug-likeness (QED) is 0.290. The fourth-order valence-electron chi connectivity index (χ4n) is 3.99. The molecular weight excluding hydrogens is 463 g/mol. The molecule has 2 aromatic rings. The Morgan fingerprint density at radius 1 is 1.00 bits per heavy atom. The molecule has 1 amide bonds. The molecule has 0 aliphatic carbocycles. The van der Waals surface area contributed by atoms with Gasteiger partial charge in [-0.05, 0) is 55.2 Å². The molecule has 0 radical (unpaired) electrons. The first kappa shape index (κ1) is 26.1. The Bertz CT molecular complexity index is 961. The molecule has 3 rings (SSSR count). The molecule has 1 fully saturated rings. The summed E-state index contributed by atoms with van der Waals surface area (Å²) in [5.74, 6) is -0.540. The Labute approximate surface area is 202 Å². The zero-order chi connectivity index (χ0) is 24.7. The lowest BCUT2D eigenvalue weighted by Crippen LogP contribution is -2.43. The van der Waals surface area contributed by atoms with Crippen LogP contribution in [0, 0.1) is 0 Å². The summed E-state index contributed by atoms with van der Waals surface area (Å²) in [4.78, 5) is 27.6. The number of nitrogens with zero attached hydrogens (tertiary/aromatic N) is 1. The standard InChI is InChI=1S/C26H30F3NO3S/c1-3-5-6-7-8-18-9-11-19(12-10-18)23(31)30-22(25(32)33-4-2)17-34-24(30)20-13-15-21(16-14-20)26(27,28)29/h9-16,22,24H,3-8,17H2,1-2H3. The van der Waals surface area contributed by atoms with Crippen molar-refractivity contribution in [3.05, 3.63) is 70.8 Å². The Morgan fingerprint density at radius 2 is 1.68 bits per heavy atom. The van der Waals surface area contributed by atoms with E-state index in [1.165, 1.54) is 41.6 Å². The van der Waals surface area contributed by atoms with Gasteiger partial charge in [-0.3, -0.25) is 4.79 Å². The van der Waals surface area contributed by atoms with Gasteiger partial charge >= 0.3 is 12.1 Å². The second-order valence-corrected chi connectivity index (χ2v) is 9.41. The molecule has 8 heteroatoms. The van der Waals surface area contributed by atoms with Crippen molar-refractivity contribution in [2.24, 2.45) is 0 Å². The molecule has 1 heterocycles. The minimum Gasteiger partial charge on any atom is -0.464 e. The Hall–Kier alpha value is -2.48. The summed E-state index contributed by atoms with van der Waals surface area (Å²) in [6.45, 7) is 4.04. The van der Waals surface area contributed by atoms with E-state index in [1.807, 2.05) is 12.1 Å². The van der Waals surface area contributed by atoms with Gasteiger partial charge in [0, 0.05) is 11.3 Å². The van der Waals surface area contributed by atoms with Crippen molar-refractivity contribution in [3.8, 4) is 0 Å². The van der Waals surface area contributed by atoms with Gasteiger partial charge in [0.1, 0.15) is 11.4 Å². The number of hydrogen-bond acceptors (Lipinski definition) is 4. The zero-order valence-corrected chi connectivity index (χ0v) is 20.3. The number of rotatable bonds is 9. The van der Waals surface area contributed by atoms with Crippen LogP contribution in [0.2, 0.25) is 0 Å². The summed E-state index contributed by atoms with van der Waals surface area (Å²) in [7, 11) is 0. The van der Waals surface area contributed by atoms with Gasteiger partial charge in [-0.25, -0.2) is 4.79 Å². The molecule has 2 unspecified atom stereocenters. The summed E-state index contributed by atoms with van der Waals surface area (Å²) >= 11 is 1.34. The topological polar surface area (TPSA) is 46.6 Å². The summed E-state index contributed by atoms with van der Waals surface area (Å²) in [6, 6.07) is 11.3. The smallest absolute Gasteiger partial charge is 0.416 e. The van der Waals surface area contributed by atoms with Gasteiger partial charge in [0.15, 0.2) is 0 Å². The van der Waals surface area contributed by atoms with E-state index in [0.29, 0.717) is 16.9 Å². The molecule has 2 aromatic carbocycles. The number of amides is 1. The van der Waals surface area contributed by atoms with Crippen molar-refractivity contribution in [1.82, 2.24) is 4.90 Å². The monoisotopic (exact) mass is 493 g/mol. The number of unbranched alkanes of at least 4 members (excludes halogenated alkanes) is 3. The van der Waals surface area contributed by atoms with Crippen LogP contribution in [0.3, 0.4) is 0 Å². The highest BCUT2D eigenvalue weighted by atomic mass is 32.2. The van der Waals surface area contributed by atoms with E-state index >= 15 is 0 Å². The predicted octanol–water partition coefficient (Wildman–Crippen LogP) is 6.65. The number of carbonyl (C=O) groups is 2. The first-order valence-corrected chi connectivity index (χ1v) is 12.7. The maximum absolute atomic E-state index is 13.5. The van der Waals surface area contributed by atoms with Crippen LogP contribution >= 0.6 is 11.8 Å². The Morgan fingerprint density at radius 3 is 2.26 bits per heavy atom. The van der Waals surface area contributed by atoms with Gasteiger partial charge in [-0.1, -0.05) is 50.5 Å². The van der Waals surface area contributed by atoms with Crippen LogP contribution in [0.25, 0.3) is 0 Å². The van der Waals surface area contributed by atoms with Crippen molar-refractivity contribution in [1.29, 1.82) is 0 Å². The number of aryl methyl sites for hydroxylation is 1. The molecule has 1 aliphatic heterocycles. The highest BCUT2D eigenvalue weighted by molar-refractivity contribution is 7.99. The van der Waals surface area contributed by atoms with Gasteiger partial charge in [0.25, 0.3) is 5.91 Å². The van der Waals surface area contributed by atoms with Crippen LogP contribution in [0.4, 0.5) is 13.2 Å². The van der Waals surface area contributed by atoms with E-state index < -0.39 is 29.1 Å². The number of benzene rings is 2. The summed E-state index contributed by atoms with van der Waals surface area (Å²) in [5.41, 5.74) is 1.36. The second-order valence-electron chi connectivity index (χ2n) is 8.29. The number of ether oxygens (including phenoxy) is 1. The first-order chi connectivity index (χ1) is 16.3. The number of esters is 1. The molecule has 1 aliphatic rings. The zero-order valence-electron chi connectivity index (χ0n) is 19.4. The van der Waals surface area contributed by atoms with Gasteiger partial charge in [-0.2, -0.15) is 13.2 Å².